The van der Waals surface area contributed by atoms with Gasteiger partial charge in [-0.1, -0.05) is 36.4 Å². The number of carbonyl (C=O) groups excluding carboxylic acids is 2. The van der Waals surface area contributed by atoms with E-state index < -0.39 is 6.09 Å². The monoisotopic (exact) mass is 391 g/mol. The number of para-hydroxylation sites is 1. The molecule has 0 radical (unpaired) electrons. The number of rotatable bonds is 4. The second kappa shape index (κ2) is 8.49. The smallest absolute Gasteiger partial charge is 0.411 e. The maximum absolute atomic E-state index is 13.4. The minimum Gasteiger partial charge on any atom is -0.450 e. The van der Waals surface area contributed by atoms with Crippen molar-refractivity contribution >= 4 is 29.1 Å². The third-order valence-corrected chi connectivity index (χ3v) is 5.25. The van der Waals surface area contributed by atoms with Gasteiger partial charge in [-0.3, -0.25) is 19.9 Å². The number of benzene rings is 2. The lowest BCUT2D eigenvalue weighted by Gasteiger charge is -2.27. The number of nitrogens with one attached hydrogen (secondary N) is 1. The van der Waals surface area contributed by atoms with Crippen LogP contribution in [0.3, 0.4) is 0 Å². The molecule has 6 heteroatoms. The summed E-state index contributed by atoms with van der Waals surface area (Å²) in [6.45, 7) is 3.99. The Morgan fingerprint density at radius 3 is 2.48 bits per heavy atom. The first-order valence-corrected chi connectivity index (χ1v) is 10.0. The Morgan fingerprint density at radius 1 is 1.00 bits per heavy atom. The first-order valence-electron chi connectivity index (χ1n) is 10.0. The van der Waals surface area contributed by atoms with E-state index in [9.17, 15) is 9.59 Å². The topological polar surface area (TPSA) is 61.9 Å². The lowest BCUT2D eigenvalue weighted by molar-refractivity contribution is -0.118. The summed E-state index contributed by atoms with van der Waals surface area (Å²) in [5.41, 5.74) is 4.58. The van der Waals surface area contributed by atoms with Crippen LogP contribution in [0.1, 0.15) is 18.1 Å². The fourth-order valence-corrected chi connectivity index (χ4v) is 3.87. The number of carbonyl (C=O) groups is 2. The van der Waals surface area contributed by atoms with Gasteiger partial charge in [0.1, 0.15) is 0 Å². The number of amides is 2. The van der Waals surface area contributed by atoms with Crippen molar-refractivity contribution in [1.29, 1.82) is 0 Å². The number of anilines is 3. The summed E-state index contributed by atoms with van der Waals surface area (Å²) in [5, 5.41) is 2.75. The van der Waals surface area contributed by atoms with Crippen molar-refractivity contribution in [2.24, 2.45) is 0 Å². The van der Waals surface area contributed by atoms with Crippen molar-refractivity contribution in [3.63, 3.8) is 0 Å². The van der Waals surface area contributed by atoms with Gasteiger partial charge in [-0.05, 0) is 49.1 Å². The second-order valence-electron chi connectivity index (χ2n) is 7.21. The largest absolute Gasteiger partial charge is 0.450 e. The Labute approximate surface area is 170 Å². The fourth-order valence-electron chi connectivity index (χ4n) is 3.87. The number of ether oxygens (including phenoxy) is 1. The predicted molar refractivity (Wildman–Crippen MR) is 114 cm³/mol. The van der Waals surface area contributed by atoms with E-state index in [4.69, 9.17) is 4.74 Å². The van der Waals surface area contributed by atoms with Crippen LogP contribution in [-0.4, -0.2) is 43.1 Å². The molecule has 2 amide bonds. The molecule has 0 saturated carbocycles. The highest BCUT2D eigenvalue weighted by Gasteiger charge is 2.27. The maximum atomic E-state index is 13.4. The molecule has 2 heterocycles. The van der Waals surface area contributed by atoms with Gasteiger partial charge < -0.3 is 4.74 Å². The normalized spacial score (nSPS) is 15.4. The van der Waals surface area contributed by atoms with Crippen molar-refractivity contribution in [3.05, 3.63) is 65.7 Å². The molecule has 1 N–H and O–H groups in total. The van der Waals surface area contributed by atoms with Crippen molar-refractivity contribution in [3.8, 4) is 0 Å². The molecule has 4 rings (SSSR count). The van der Waals surface area contributed by atoms with E-state index in [0.29, 0.717) is 18.8 Å². The van der Waals surface area contributed by atoms with Gasteiger partial charge in [-0.2, -0.15) is 0 Å². The quantitative estimate of drug-likeness (QED) is 0.804. The molecular formula is C23H25N3O3. The summed E-state index contributed by atoms with van der Waals surface area (Å²) in [7, 11) is 0. The van der Waals surface area contributed by atoms with Crippen LogP contribution in [0.2, 0.25) is 0 Å². The molecule has 0 aromatic heterocycles. The van der Waals surface area contributed by atoms with Gasteiger partial charge in [0.05, 0.1) is 24.5 Å². The maximum Gasteiger partial charge on any atom is 0.411 e. The molecule has 29 heavy (non-hydrogen) atoms. The van der Waals surface area contributed by atoms with E-state index in [0.717, 1.165) is 48.4 Å². The highest BCUT2D eigenvalue weighted by Crippen LogP contribution is 2.37. The Bertz CT molecular complexity index is 946. The van der Waals surface area contributed by atoms with Crippen LogP contribution in [0.5, 0.6) is 0 Å². The minimum absolute atomic E-state index is 0.0255. The van der Waals surface area contributed by atoms with Crippen molar-refractivity contribution in [2.75, 3.05) is 36.5 Å². The SMILES string of the molecule is CCOC(=O)Nc1ccc2c(c1)N(C(=O)CN1CC=CC1)c1ccccc1CC2. The number of fused-ring (bicyclic) bond motifs is 2. The zero-order chi connectivity index (χ0) is 20.2. The van der Waals surface area contributed by atoms with Crippen LogP contribution in [-0.2, 0) is 22.4 Å². The molecule has 0 saturated heterocycles. The molecule has 150 valence electrons. The zero-order valence-electron chi connectivity index (χ0n) is 16.6. The zero-order valence-corrected chi connectivity index (χ0v) is 16.6. The average molecular weight is 391 g/mol. The Hall–Kier alpha value is -3.12. The van der Waals surface area contributed by atoms with Crippen LogP contribution >= 0.6 is 0 Å². The molecule has 2 aromatic carbocycles. The van der Waals surface area contributed by atoms with Crippen LogP contribution in [0.4, 0.5) is 21.9 Å². The molecule has 2 aromatic rings. The molecule has 2 aliphatic rings. The van der Waals surface area contributed by atoms with Gasteiger partial charge in [-0.25, -0.2) is 4.79 Å². The highest BCUT2D eigenvalue weighted by atomic mass is 16.5. The summed E-state index contributed by atoms with van der Waals surface area (Å²) in [4.78, 5) is 29.2. The lowest BCUT2D eigenvalue weighted by atomic mass is 10.0. The predicted octanol–water partition coefficient (Wildman–Crippen LogP) is 3.89. The van der Waals surface area contributed by atoms with Crippen LogP contribution in [0.25, 0.3) is 0 Å². The fraction of sp³-hybridized carbons (Fsp3) is 0.304. The van der Waals surface area contributed by atoms with Gasteiger partial charge in [0.25, 0.3) is 0 Å². The number of aryl methyl sites for hydroxylation is 2. The standard InChI is InChI=1S/C23H25N3O3/c1-2-29-23(28)24-19-12-11-18-10-9-17-7-3-4-8-20(17)26(21(18)15-19)22(27)16-25-13-5-6-14-25/h3-8,11-12,15H,2,9-10,13-14,16H2,1H3,(H,24,28). The Kier molecular flexibility index (Phi) is 5.62. The third kappa shape index (κ3) is 4.17. The van der Waals surface area contributed by atoms with Crippen molar-refractivity contribution < 1.29 is 14.3 Å². The van der Waals surface area contributed by atoms with E-state index in [2.05, 4.69) is 28.4 Å². The number of hydrogen-bond donors (Lipinski definition) is 1. The van der Waals surface area contributed by atoms with E-state index >= 15 is 0 Å². The van der Waals surface area contributed by atoms with E-state index in [-0.39, 0.29) is 5.91 Å². The molecule has 0 bridgehead atoms. The lowest BCUT2D eigenvalue weighted by Crippen LogP contribution is -2.37. The molecular weight excluding hydrogens is 366 g/mol. The Morgan fingerprint density at radius 2 is 1.72 bits per heavy atom. The van der Waals surface area contributed by atoms with Gasteiger partial charge >= 0.3 is 6.09 Å². The molecule has 0 fully saturated rings. The third-order valence-electron chi connectivity index (χ3n) is 5.25. The Balaban J connectivity index is 1.71. The molecule has 0 aliphatic carbocycles. The minimum atomic E-state index is -0.498. The van der Waals surface area contributed by atoms with E-state index in [1.807, 2.05) is 41.3 Å². The van der Waals surface area contributed by atoms with Gasteiger partial charge in [-0.15, -0.1) is 0 Å². The van der Waals surface area contributed by atoms with Crippen molar-refractivity contribution in [2.45, 2.75) is 19.8 Å². The molecule has 2 aliphatic heterocycles. The number of nitrogens with zero attached hydrogens (tertiary/aromatic N) is 2. The van der Waals surface area contributed by atoms with Crippen LogP contribution < -0.4 is 10.2 Å². The summed E-state index contributed by atoms with van der Waals surface area (Å²) < 4.78 is 4.99. The molecule has 0 atom stereocenters. The van der Waals surface area contributed by atoms with Gasteiger partial charge in [0.15, 0.2) is 0 Å². The first kappa shape index (κ1) is 19.2. The summed E-state index contributed by atoms with van der Waals surface area (Å²) >= 11 is 0. The molecule has 0 unspecified atom stereocenters. The van der Waals surface area contributed by atoms with Gasteiger partial charge in [0, 0.05) is 18.8 Å². The van der Waals surface area contributed by atoms with Crippen LogP contribution in [0.15, 0.2) is 54.6 Å². The van der Waals surface area contributed by atoms with Crippen molar-refractivity contribution in [1.82, 2.24) is 4.90 Å². The summed E-state index contributed by atoms with van der Waals surface area (Å²) in [5.74, 6) is 0.0255. The average Bonchev–Trinajstić information content (AvgIpc) is 3.15. The summed E-state index contributed by atoms with van der Waals surface area (Å²) in [6.07, 6.45) is 5.37. The van der Waals surface area contributed by atoms with Crippen LogP contribution in [0, 0.1) is 0 Å². The molecule has 0 spiro atoms. The first-order chi connectivity index (χ1) is 14.2. The second-order valence-corrected chi connectivity index (χ2v) is 7.21. The van der Waals surface area contributed by atoms with Gasteiger partial charge in [0.2, 0.25) is 5.91 Å². The highest BCUT2D eigenvalue weighted by molar-refractivity contribution is 6.04. The number of hydrogen-bond acceptors (Lipinski definition) is 4. The molecule has 6 nitrogen and oxygen atoms in total. The summed E-state index contributed by atoms with van der Waals surface area (Å²) in [6, 6.07) is 13.8. The van der Waals surface area contributed by atoms with E-state index in [1.54, 1.807) is 6.92 Å². The van der Waals surface area contributed by atoms with E-state index in [1.165, 1.54) is 0 Å².